The number of ether oxygens (including phenoxy) is 1. The number of hydrogen-bond donors (Lipinski definition) is 1. The number of allylic oxidation sites excluding steroid dienone is 1. The summed E-state index contributed by atoms with van der Waals surface area (Å²) in [4.78, 5) is 0. The molecule has 2 nitrogen and oxygen atoms in total. The first-order valence-corrected chi connectivity index (χ1v) is 8.87. The number of benzene rings is 1. The number of unbranched alkanes of at least 4 members (excludes halogenated alkanes) is 9. The van der Waals surface area contributed by atoms with Gasteiger partial charge in [-0.15, -0.1) is 0 Å². The van der Waals surface area contributed by atoms with Crippen LogP contribution in [-0.4, -0.2) is 13.7 Å². The third-order valence-electron chi connectivity index (χ3n) is 4.00. The lowest BCUT2D eigenvalue weighted by atomic mass is 10.1. The Bertz CT molecular complexity index is 383. The molecule has 22 heavy (non-hydrogen) atoms. The van der Waals surface area contributed by atoms with Crippen LogP contribution in [0.1, 0.15) is 69.8 Å². The van der Waals surface area contributed by atoms with E-state index in [9.17, 15) is 0 Å². The molecule has 0 radical (unpaired) electrons. The van der Waals surface area contributed by atoms with Crippen LogP contribution < -0.4 is 10.5 Å². The first-order chi connectivity index (χ1) is 10.9. The Hall–Kier alpha value is -1.28. The third-order valence-corrected chi connectivity index (χ3v) is 4.00. The van der Waals surface area contributed by atoms with Gasteiger partial charge in [0.15, 0.2) is 0 Å². The molecule has 0 atom stereocenters. The molecule has 0 saturated heterocycles. The first-order valence-electron chi connectivity index (χ1n) is 8.87. The monoisotopic (exact) mass is 303 g/mol. The molecule has 0 aliphatic rings. The maximum atomic E-state index is 5.49. The molecule has 0 spiro atoms. The van der Waals surface area contributed by atoms with Crippen molar-refractivity contribution in [2.45, 2.75) is 64.2 Å². The van der Waals surface area contributed by atoms with Crippen LogP contribution in [0.4, 0.5) is 0 Å². The van der Waals surface area contributed by atoms with Gasteiger partial charge in [0.2, 0.25) is 0 Å². The molecule has 1 aromatic carbocycles. The Morgan fingerprint density at radius 1 is 0.818 bits per heavy atom. The Kier molecular flexibility index (Phi) is 11.4. The molecule has 124 valence electrons. The minimum atomic E-state index is 0.851. The van der Waals surface area contributed by atoms with E-state index >= 15 is 0 Å². The van der Waals surface area contributed by atoms with Gasteiger partial charge < -0.3 is 10.5 Å². The van der Waals surface area contributed by atoms with Gasteiger partial charge in [0.25, 0.3) is 0 Å². The highest BCUT2D eigenvalue weighted by molar-refractivity contribution is 5.50. The number of nitrogens with two attached hydrogens (primary N) is 1. The van der Waals surface area contributed by atoms with Crippen molar-refractivity contribution in [2.24, 2.45) is 5.73 Å². The van der Waals surface area contributed by atoms with Gasteiger partial charge in [-0.2, -0.15) is 0 Å². The number of rotatable bonds is 13. The van der Waals surface area contributed by atoms with Crippen LogP contribution in [0, 0.1) is 0 Å². The van der Waals surface area contributed by atoms with E-state index in [0.717, 1.165) is 12.3 Å². The minimum Gasteiger partial charge on any atom is -0.497 e. The van der Waals surface area contributed by atoms with Gasteiger partial charge in [-0.05, 0) is 43.5 Å². The van der Waals surface area contributed by atoms with Crippen LogP contribution >= 0.6 is 0 Å². The quantitative estimate of drug-likeness (QED) is 0.484. The van der Waals surface area contributed by atoms with Crippen molar-refractivity contribution in [2.75, 3.05) is 13.7 Å². The summed E-state index contributed by atoms with van der Waals surface area (Å²) in [5, 5.41) is 0. The topological polar surface area (TPSA) is 35.2 Å². The van der Waals surface area contributed by atoms with E-state index in [2.05, 4.69) is 24.3 Å². The maximum Gasteiger partial charge on any atom is 0.118 e. The lowest BCUT2D eigenvalue weighted by Crippen LogP contribution is -1.97. The molecule has 1 aromatic rings. The summed E-state index contributed by atoms with van der Waals surface area (Å²) in [6.07, 6.45) is 17.8. The zero-order valence-electron chi connectivity index (χ0n) is 14.2. The standard InChI is InChI=1S/C20H33NO/c1-22-20-16-14-19(15-17-20)13-11-9-7-5-3-2-4-6-8-10-12-18-21/h11,13-17H,2-10,12,18,21H2,1H3. The van der Waals surface area contributed by atoms with Crippen LogP contribution in [0.2, 0.25) is 0 Å². The smallest absolute Gasteiger partial charge is 0.118 e. The van der Waals surface area contributed by atoms with E-state index in [1.54, 1.807) is 7.11 Å². The van der Waals surface area contributed by atoms with Gasteiger partial charge in [0, 0.05) is 0 Å². The molecule has 0 bridgehead atoms. The zero-order valence-corrected chi connectivity index (χ0v) is 14.2. The summed E-state index contributed by atoms with van der Waals surface area (Å²) >= 11 is 0. The minimum absolute atomic E-state index is 0.851. The van der Waals surface area contributed by atoms with Crippen molar-refractivity contribution in [1.82, 2.24) is 0 Å². The SMILES string of the molecule is COc1ccc(C=CCCCCCCCCCCCN)cc1. The number of methoxy groups -OCH3 is 1. The van der Waals surface area contributed by atoms with E-state index in [0.29, 0.717) is 0 Å². The molecule has 1 rings (SSSR count). The highest BCUT2D eigenvalue weighted by Gasteiger charge is 1.92. The summed E-state index contributed by atoms with van der Waals surface area (Å²) in [6, 6.07) is 8.21. The largest absolute Gasteiger partial charge is 0.497 e. The molecule has 2 heteroatoms. The van der Waals surface area contributed by atoms with E-state index < -0.39 is 0 Å². The predicted molar refractivity (Wildman–Crippen MR) is 97.3 cm³/mol. The van der Waals surface area contributed by atoms with Gasteiger partial charge in [-0.1, -0.05) is 69.2 Å². The number of hydrogen-bond acceptors (Lipinski definition) is 2. The Morgan fingerprint density at radius 3 is 1.91 bits per heavy atom. The molecular weight excluding hydrogens is 270 g/mol. The summed E-state index contributed by atoms with van der Waals surface area (Å²) in [7, 11) is 1.70. The van der Waals surface area contributed by atoms with Crippen molar-refractivity contribution < 1.29 is 4.74 Å². The molecule has 0 amide bonds. The second kappa shape index (κ2) is 13.4. The highest BCUT2D eigenvalue weighted by atomic mass is 16.5. The fourth-order valence-corrected chi connectivity index (χ4v) is 2.58. The molecule has 0 saturated carbocycles. The fourth-order valence-electron chi connectivity index (χ4n) is 2.58. The fraction of sp³-hybridized carbons (Fsp3) is 0.600. The summed E-state index contributed by atoms with van der Waals surface area (Å²) in [5.74, 6) is 0.917. The second-order valence-corrected chi connectivity index (χ2v) is 5.93. The Balaban J connectivity index is 1.93. The van der Waals surface area contributed by atoms with Crippen molar-refractivity contribution in [3.05, 3.63) is 35.9 Å². The van der Waals surface area contributed by atoms with E-state index in [4.69, 9.17) is 10.5 Å². The summed E-state index contributed by atoms with van der Waals surface area (Å²) < 4.78 is 5.16. The highest BCUT2D eigenvalue weighted by Crippen LogP contribution is 2.14. The van der Waals surface area contributed by atoms with Gasteiger partial charge in [0.1, 0.15) is 5.75 Å². The predicted octanol–water partition coefficient (Wildman–Crippen LogP) is 5.57. The van der Waals surface area contributed by atoms with Gasteiger partial charge in [0.05, 0.1) is 7.11 Å². The maximum absolute atomic E-state index is 5.49. The van der Waals surface area contributed by atoms with Gasteiger partial charge in [-0.3, -0.25) is 0 Å². The van der Waals surface area contributed by atoms with Crippen LogP contribution in [-0.2, 0) is 0 Å². The molecule has 0 heterocycles. The molecule has 0 unspecified atom stereocenters. The van der Waals surface area contributed by atoms with Crippen molar-refractivity contribution in [3.63, 3.8) is 0 Å². The molecule has 0 aromatic heterocycles. The van der Waals surface area contributed by atoms with Gasteiger partial charge >= 0.3 is 0 Å². The lowest BCUT2D eigenvalue weighted by Gasteiger charge is -2.01. The van der Waals surface area contributed by atoms with E-state index in [1.165, 1.54) is 69.8 Å². The Labute approximate surface area is 136 Å². The van der Waals surface area contributed by atoms with Crippen LogP contribution in [0.5, 0.6) is 5.75 Å². The molecule has 0 aliphatic heterocycles. The lowest BCUT2D eigenvalue weighted by molar-refractivity contribution is 0.415. The second-order valence-electron chi connectivity index (χ2n) is 5.93. The summed E-state index contributed by atoms with van der Waals surface area (Å²) in [5.41, 5.74) is 6.74. The van der Waals surface area contributed by atoms with Crippen LogP contribution in [0.25, 0.3) is 6.08 Å². The average Bonchev–Trinajstić information content (AvgIpc) is 2.56. The molecule has 2 N–H and O–H groups in total. The van der Waals surface area contributed by atoms with Crippen LogP contribution in [0.15, 0.2) is 30.3 Å². The third kappa shape index (κ3) is 9.62. The average molecular weight is 303 g/mol. The van der Waals surface area contributed by atoms with Crippen molar-refractivity contribution in [1.29, 1.82) is 0 Å². The molecule has 0 aliphatic carbocycles. The summed E-state index contributed by atoms with van der Waals surface area (Å²) in [6.45, 7) is 0.851. The van der Waals surface area contributed by atoms with Crippen molar-refractivity contribution >= 4 is 6.08 Å². The normalized spacial score (nSPS) is 11.2. The molecular formula is C20H33NO. The van der Waals surface area contributed by atoms with E-state index in [-0.39, 0.29) is 0 Å². The zero-order chi connectivity index (χ0) is 15.9. The van der Waals surface area contributed by atoms with Crippen LogP contribution in [0.3, 0.4) is 0 Å². The Morgan fingerprint density at radius 2 is 1.36 bits per heavy atom. The van der Waals surface area contributed by atoms with Gasteiger partial charge in [-0.25, -0.2) is 0 Å². The molecule has 0 fully saturated rings. The van der Waals surface area contributed by atoms with E-state index in [1.807, 2.05) is 12.1 Å². The van der Waals surface area contributed by atoms with Crippen molar-refractivity contribution in [3.8, 4) is 5.75 Å². The first kappa shape index (κ1) is 18.8.